The lowest BCUT2D eigenvalue weighted by atomic mass is 10.1. The molecule has 0 aromatic carbocycles. The van der Waals surface area contributed by atoms with E-state index < -0.39 is 0 Å². The van der Waals surface area contributed by atoms with E-state index in [2.05, 4.69) is 34.5 Å². The van der Waals surface area contributed by atoms with Crippen molar-refractivity contribution in [1.29, 1.82) is 0 Å². The zero-order valence-corrected chi connectivity index (χ0v) is 13.4. The molecule has 1 N–H and O–H groups in total. The molecule has 1 aliphatic heterocycles. The van der Waals surface area contributed by atoms with Gasteiger partial charge >= 0.3 is 0 Å². The fourth-order valence-corrected chi connectivity index (χ4v) is 2.75. The molecule has 1 fully saturated rings. The molecule has 120 valence electrons. The first-order valence-electron chi connectivity index (χ1n) is 8.17. The Bertz CT molecular complexity index is 395. The first-order valence-corrected chi connectivity index (χ1v) is 8.17. The van der Waals surface area contributed by atoms with Gasteiger partial charge in [-0.1, -0.05) is 12.1 Å². The van der Waals surface area contributed by atoms with Gasteiger partial charge in [-0.05, 0) is 45.8 Å². The van der Waals surface area contributed by atoms with Crippen LogP contribution >= 0.6 is 0 Å². The van der Waals surface area contributed by atoms with E-state index in [1.807, 2.05) is 10.9 Å². The Labute approximate surface area is 127 Å². The molecule has 1 aromatic heterocycles. The van der Waals surface area contributed by atoms with Crippen molar-refractivity contribution in [2.24, 2.45) is 0 Å². The van der Waals surface area contributed by atoms with Gasteiger partial charge in [0, 0.05) is 25.4 Å². The quantitative estimate of drug-likeness (QED) is 0.659. The zero-order valence-electron chi connectivity index (χ0n) is 13.4. The summed E-state index contributed by atoms with van der Waals surface area (Å²) in [6.07, 6.45) is 6.92. The molecule has 6 nitrogen and oxygen atoms in total. The normalized spacial score (nSPS) is 19.4. The number of ether oxygens (including phenoxy) is 1. The second kappa shape index (κ2) is 9.12. The lowest BCUT2D eigenvalue weighted by Gasteiger charge is -2.18. The molecule has 2 rings (SSSR count). The molecule has 6 heteroatoms. The van der Waals surface area contributed by atoms with Crippen molar-refractivity contribution in [3.8, 4) is 0 Å². The monoisotopic (exact) mass is 295 g/mol. The summed E-state index contributed by atoms with van der Waals surface area (Å²) >= 11 is 0. The minimum atomic E-state index is 0.710. The number of hydrogen-bond acceptors (Lipinski definition) is 5. The average Bonchev–Trinajstić information content (AvgIpc) is 3.09. The summed E-state index contributed by atoms with van der Waals surface area (Å²) in [4.78, 5) is 2.44. The Hall–Kier alpha value is -0.980. The number of rotatable bonds is 10. The Morgan fingerprint density at radius 1 is 1.43 bits per heavy atom. The first-order chi connectivity index (χ1) is 10.3. The molecule has 2 heterocycles. The van der Waals surface area contributed by atoms with Crippen LogP contribution in [0.2, 0.25) is 0 Å². The van der Waals surface area contributed by atoms with E-state index in [1.165, 1.54) is 19.4 Å². The third-order valence-corrected chi connectivity index (χ3v) is 4.05. The smallest absolute Gasteiger partial charge is 0.0964 e. The Kier molecular flexibility index (Phi) is 7.12. The molecule has 0 spiro atoms. The number of aromatic nitrogens is 3. The highest BCUT2D eigenvalue weighted by atomic mass is 16.5. The van der Waals surface area contributed by atoms with Gasteiger partial charge in [0.05, 0.1) is 18.8 Å². The summed E-state index contributed by atoms with van der Waals surface area (Å²) in [6, 6.07) is 0.715. The van der Waals surface area contributed by atoms with Gasteiger partial charge in [0.2, 0.25) is 0 Å². The molecular formula is C15H29N5O. The summed E-state index contributed by atoms with van der Waals surface area (Å²) < 4.78 is 7.59. The number of nitrogens with zero attached hydrogens (tertiary/aromatic N) is 4. The molecular weight excluding hydrogens is 266 g/mol. The third-order valence-electron chi connectivity index (χ3n) is 4.05. The summed E-state index contributed by atoms with van der Waals surface area (Å²) in [5, 5.41) is 11.6. The predicted molar refractivity (Wildman–Crippen MR) is 83.1 cm³/mol. The topological polar surface area (TPSA) is 55.2 Å². The lowest BCUT2D eigenvalue weighted by Crippen LogP contribution is -2.26. The van der Waals surface area contributed by atoms with Gasteiger partial charge in [-0.25, -0.2) is 4.68 Å². The maximum atomic E-state index is 5.72. The van der Waals surface area contributed by atoms with Gasteiger partial charge in [-0.2, -0.15) is 0 Å². The molecule has 1 aromatic rings. The second-order valence-corrected chi connectivity index (χ2v) is 5.83. The maximum absolute atomic E-state index is 5.72. The Morgan fingerprint density at radius 2 is 2.33 bits per heavy atom. The molecule has 0 aliphatic carbocycles. The van der Waals surface area contributed by atoms with Crippen molar-refractivity contribution in [2.45, 2.75) is 51.7 Å². The van der Waals surface area contributed by atoms with E-state index in [-0.39, 0.29) is 0 Å². The number of nitrogens with one attached hydrogen (secondary N) is 1. The van der Waals surface area contributed by atoms with Gasteiger partial charge < -0.3 is 15.0 Å². The van der Waals surface area contributed by atoms with E-state index in [4.69, 9.17) is 4.74 Å². The van der Waals surface area contributed by atoms with Crippen LogP contribution in [0.5, 0.6) is 0 Å². The SMILES string of the molecule is CCCNCc1cn(CCOCCC2CCCN2C)nn1. The molecule has 1 saturated heterocycles. The molecule has 0 saturated carbocycles. The van der Waals surface area contributed by atoms with Crippen LogP contribution in [-0.2, 0) is 17.8 Å². The van der Waals surface area contributed by atoms with Crippen molar-refractivity contribution >= 4 is 0 Å². The van der Waals surface area contributed by atoms with E-state index in [9.17, 15) is 0 Å². The highest BCUT2D eigenvalue weighted by Crippen LogP contribution is 2.17. The summed E-state index contributed by atoms with van der Waals surface area (Å²) in [7, 11) is 2.21. The van der Waals surface area contributed by atoms with E-state index in [0.717, 1.165) is 44.8 Å². The molecule has 0 radical (unpaired) electrons. The average molecular weight is 295 g/mol. The van der Waals surface area contributed by atoms with Crippen molar-refractivity contribution in [1.82, 2.24) is 25.2 Å². The van der Waals surface area contributed by atoms with Crippen LogP contribution in [0.15, 0.2) is 6.20 Å². The molecule has 1 aliphatic rings. The zero-order chi connectivity index (χ0) is 14.9. The highest BCUT2D eigenvalue weighted by molar-refractivity contribution is 4.91. The van der Waals surface area contributed by atoms with Crippen LogP contribution < -0.4 is 5.32 Å². The predicted octanol–water partition coefficient (Wildman–Crippen LogP) is 1.28. The van der Waals surface area contributed by atoms with Crippen LogP contribution in [0.25, 0.3) is 0 Å². The molecule has 21 heavy (non-hydrogen) atoms. The fraction of sp³-hybridized carbons (Fsp3) is 0.867. The van der Waals surface area contributed by atoms with Crippen molar-refractivity contribution < 1.29 is 4.74 Å². The standard InChI is InChI=1S/C15H29N5O/c1-3-7-16-12-14-13-20(18-17-14)9-11-21-10-6-15-5-4-8-19(15)2/h13,15-16H,3-12H2,1-2H3. The molecule has 0 amide bonds. The lowest BCUT2D eigenvalue weighted by molar-refractivity contribution is 0.105. The summed E-state index contributed by atoms with van der Waals surface area (Å²) in [5.41, 5.74) is 0.996. The van der Waals surface area contributed by atoms with Crippen molar-refractivity contribution in [2.75, 3.05) is 33.4 Å². The Balaban J connectivity index is 1.54. The van der Waals surface area contributed by atoms with E-state index in [1.54, 1.807) is 0 Å². The largest absolute Gasteiger partial charge is 0.379 e. The number of likely N-dealkylation sites (tertiary alicyclic amines) is 1. The minimum absolute atomic E-state index is 0.710. The summed E-state index contributed by atoms with van der Waals surface area (Å²) in [5.74, 6) is 0. The highest BCUT2D eigenvalue weighted by Gasteiger charge is 2.19. The molecule has 0 bridgehead atoms. The van der Waals surface area contributed by atoms with Gasteiger partial charge in [-0.15, -0.1) is 5.10 Å². The second-order valence-electron chi connectivity index (χ2n) is 5.83. The maximum Gasteiger partial charge on any atom is 0.0964 e. The van der Waals surface area contributed by atoms with Crippen LogP contribution in [0.1, 0.15) is 38.3 Å². The molecule has 1 atom stereocenters. The van der Waals surface area contributed by atoms with Crippen LogP contribution in [0, 0.1) is 0 Å². The number of hydrogen-bond donors (Lipinski definition) is 1. The molecule has 1 unspecified atom stereocenters. The third kappa shape index (κ3) is 5.73. The fourth-order valence-electron chi connectivity index (χ4n) is 2.75. The van der Waals surface area contributed by atoms with Crippen molar-refractivity contribution in [3.63, 3.8) is 0 Å². The Morgan fingerprint density at radius 3 is 3.10 bits per heavy atom. The first kappa shape index (κ1) is 16.4. The van der Waals surface area contributed by atoms with Gasteiger partial charge in [-0.3, -0.25) is 0 Å². The van der Waals surface area contributed by atoms with E-state index >= 15 is 0 Å². The van der Waals surface area contributed by atoms with Crippen LogP contribution in [0.4, 0.5) is 0 Å². The summed E-state index contributed by atoms with van der Waals surface area (Å²) in [6.45, 7) is 7.54. The minimum Gasteiger partial charge on any atom is -0.379 e. The van der Waals surface area contributed by atoms with Gasteiger partial charge in [0.15, 0.2) is 0 Å². The van der Waals surface area contributed by atoms with Crippen molar-refractivity contribution in [3.05, 3.63) is 11.9 Å². The van der Waals surface area contributed by atoms with Crippen LogP contribution in [0.3, 0.4) is 0 Å². The van der Waals surface area contributed by atoms with Gasteiger partial charge in [0.1, 0.15) is 0 Å². The van der Waals surface area contributed by atoms with Gasteiger partial charge in [0.25, 0.3) is 0 Å². The van der Waals surface area contributed by atoms with Crippen LogP contribution in [-0.4, -0.2) is 59.3 Å². The van der Waals surface area contributed by atoms with E-state index in [0.29, 0.717) is 12.6 Å².